The Balaban J connectivity index is 2.01. The number of amides is 1. The second-order valence-electron chi connectivity index (χ2n) is 6.48. The van der Waals surface area contributed by atoms with Crippen LogP contribution in [0.25, 0.3) is 0 Å². The topological polar surface area (TPSA) is 57.6 Å². The van der Waals surface area contributed by atoms with E-state index in [4.69, 9.17) is 0 Å². The number of aliphatic carboxylic acids is 1. The molecule has 1 saturated heterocycles. The predicted octanol–water partition coefficient (Wildman–Crippen LogP) is 2.69. The lowest BCUT2D eigenvalue weighted by Crippen LogP contribution is -2.47. The molecule has 1 heterocycles. The molecule has 2 aliphatic rings. The van der Waals surface area contributed by atoms with Crippen molar-refractivity contribution in [1.82, 2.24) is 4.90 Å². The second kappa shape index (κ2) is 5.98. The Morgan fingerprint density at radius 1 is 1.20 bits per heavy atom. The van der Waals surface area contributed by atoms with Crippen molar-refractivity contribution in [3.63, 3.8) is 0 Å². The van der Waals surface area contributed by atoms with E-state index in [0.717, 1.165) is 32.4 Å². The molecular weight excluding hydrogens is 254 g/mol. The fourth-order valence-corrected chi connectivity index (χ4v) is 3.22. The monoisotopic (exact) mass is 279 g/mol. The maximum atomic E-state index is 12.6. The van der Waals surface area contributed by atoms with Crippen molar-refractivity contribution in [3.8, 4) is 0 Å². The van der Waals surface area contributed by atoms with E-state index < -0.39 is 11.9 Å². The molecule has 1 aliphatic heterocycles. The van der Waals surface area contributed by atoms with E-state index >= 15 is 0 Å². The molecule has 0 aromatic carbocycles. The number of carboxylic acid groups (broad SMARTS) is 1. The van der Waals surface area contributed by atoms with Gasteiger partial charge in [0, 0.05) is 13.1 Å². The number of hydrogen-bond donors (Lipinski definition) is 1. The summed E-state index contributed by atoms with van der Waals surface area (Å²) >= 11 is 0. The number of carboxylic acids is 1. The Labute approximate surface area is 120 Å². The van der Waals surface area contributed by atoms with Gasteiger partial charge in [-0.3, -0.25) is 9.59 Å². The average molecular weight is 279 g/mol. The molecule has 2 atom stereocenters. The first-order chi connectivity index (χ1) is 9.47. The number of hydrogen-bond acceptors (Lipinski definition) is 2. The molecule has 0 aromatic rings. The van der Waals surface area contributed by atoms with Crippen LogP contribution >= 0.6 is 0 Å². The highest BCUT2D eigenvalue weighted by atomic mass is 16.4. The normalized spacial score (nSPS) is 29.2. The Bertz CT molecular complexity index is 408. The van der Waals surface area contributed by atoms with Crippen LogP contribution in [0.5, 0.6) is 0 Å². The van der Waals surface area contributed by atoms with Crippen LogP contribution in [0.3, 0.4) is 0 Å². The van der Waals surface area contributed by atoms with Gasteiger partial charge in [-0.15, -0.1) is 0 Å². The number of piperidine rings is 1. The zero-order valence-electron chi connectivity index (χ0n) is 12.5. The fourth-order valence-electron chi connectivity index (χ4n) is 3.22. The molecule has 2 unspecified atom stereocenters. The van der Waals surface area contributed by atoms with Gasteiger partial charge in [0.2, 0.25) is 5.91 Å². The number of allylic oxidation sites excluding steroid dienone is 2. The lowest BCUT2D eigenvalue weighted by Gasteiger charge is -2.41. The van der Waals surface area contributed by atoms with Gasteiger partial charge in [-0.05, 0) is 31.1 Å². The molecule has 0 aromatic heterocycles. The average Bonchev–Trinajstić information content (AvgIpc) is 2.47. The van der Waals surface area contributed by atoms with Gasteiger partial charge in [0.1, 0.15) is 0 Å². The minimum atomic E-state index is -0.844. The summed E-state index contributed by atoms with van der Waals surface area (Å²) in [6, 6.07) is 0. The maximum absolute atomic E-state index is 12.6. The van der Waals surface area contributed by atoms with Crippen LogP contribution in [0.1, 0.15) is 46.0 Å². The largest absolute Gasteiger partial charge is 0.481 e. The Kier molecular flexibility index (Phi) is 4.51. The number of likely N-dealkylation sites (tertiary alicyclic amines) is 1. The molecule has 2 rings (SSSR count). The van der Waals surface area contributed by atoms with E-state index in [-0.39, 0.29) is 11.8 Å². The smallest absolute Gasteiger partial charge is 0.307 e. The van der Waals surface area contributed by atoms with E-state index in [1.165, 1.54) is 0 Å². The molecule has 1 N–H and O–H groups in total. The summed E-state index contributed by atoms with van der Waals surface area (Å²) in [6.45, 7) is 6.02. The minimum Gasteiger partial charge on any atom is -0.481 e. The number of carbonyl (C=O) groups is 2. The minimum absolute atomic E-state index is 0.0416. The highest BCUT2D eigenvalue weighted by Gasteiger charge is 2.38. The number of nitrogens with zero attached hydrogens (tertiary/aromatic N) is 1. The summed E-state index contributed by atoms with van der Waals surface area (Å²) in [6.07, 6.45) is 8.06. The summed E-state index contributed by atoms with van der Waals surface area (Å²) in [7, 11) is 0. The van der Waals surface area contributed by atoms with Gasteiger partial charge in [-0.2, -0.15) is 0 Å². The van der Waals surface area contributed by atoms with Crippen molar-refractivity contribution in [2.24, 2.45) is 17.3 Å². The van der Waals surface area contributed by atoms with Crippen molar-refractivity contribution in [1.29, 1.82) is 0 Å². The number of rotatable bonds is 3. The molecule has 0 radical (unpaired) electrons. The Morgan fingerprint density at radius 2 is 1.75 bits per heavy atom. The molecular formula is C16H25NO3. The summed E-state index contributed by atoms with van der Waals surface area (Å²) in [4.78, 5) is 25.8. The standard InChI is InChI=1S/C16H25NO3/c1-3-16(2)8-10-17(11-9-16)14(18)12-6-4-5-7-13(12)15(19)20/h4-5,12-13H,3,6-11H2,1-2H3,(H,19,20). The van der Waals surface area contributed by atoms with E-state index in [1.807, 2.05) is 17.1 Å². The molecule has 0 saturated carbocycles. The highest BCUT2D eigenvalue weighted by Crippen LogP contribution is 2.35. The van der Waals surface area contributed by atoms with E-state index in [9.17, 15) is 14.7 Å². The molecule has 0 spiro atoms. The van der Waals surface area contributed by atoms with Gasteiger partial charge >= 0.3 is 5.97 Å². The SMILES string of the molecule is CCC1(C)CCN(C(=O)C2CC=CCC2C(=O)O)CC1. The first-order valence-electron chi connectivity index (χ1n) is 7.63. The molecule has 0 bridgehead atoms. The van der Waals surface area contributed by atoms with Crippen LogP contribution < -0.4 is 0 Å². The third-order valence-corrected chi connectivity index (χ3v) is 5.20. The summed E-state index contributed by atoms with van der Waals surface area (Å²) in [5.41, 5.74) is 0.343. The molecule has 1 fully saturated rings. The van der Waals surface area contributed by atoms with Crippen LogP contribution in [-0.2, 0) is 9.59 Å². The van der Waals surface area contributed by atoms with E-state index in [1.54, 1.807) is 0 Å². The van der Waals surface area contributed by atoms with Gasteiger partial charge in [0.05, 0.1) is 11.8 Å². The highest BCUT2D eigenvalue weighted by molar-refractivity contribution is 5.85. The predicted molar refractivity (Wildman–Crippen MR) is 77.2 cm³/mol. The molecule has 1 aliphatic carbocycles. The molecule has 20 heavy (non-hydrogen) atoms. The molecule has 4 nitrogen and oxygen atoms in total. The summed E-state index contributed by atoms with van der Waals surface area (Å²) in [5.74, 6) is -1.72. The van der Waals surface area contributed by atoms with Gasteiger partial charge in [0.25, 0.3) is 0 Å². The lowest BCUT2D eigenvalue weighted by molar-refractivity contribution is -0.151. The van der Waals surface area contributed by atoms with Gasteiger partial charge in [-0.1, -0.05) is 32.4 Å². The van der Waals surface area contributed by atoms with E-state index in [0.29, 0.717) is 18.3 Å². The second-order valence-corrected chi connectivity index (χ2v) is 6.48. The summed E-state index contributed by atoms with van der Waals surface area (Å²) in [5, 5.41) is 9.27. The quantitative estimate of drug-likeness (QED) is 0.808. The molecule has 1 amide bonds. The van der Waals surface area contributed by atoms with Crippen molar-refractivity contribution < 1.29 is 14.7 Å². The summed E-state index contributed by atoms with van der Waals surface area (Å²) < 4.78 is 0. The molecule has 112 valence electrons. The third kappa shape index (κ3) is 3.05. The van der Waals surface area contributed by atoms with Crippen LogP contribution in [0.4, 0.5) is 0 Å². The molecule has 4 heteroatoms. The van der Waals surface area contributed by atoms with Crippen LogP contribution in [-0.4, -0.2) is 35.0 Å². The Hall–Kier alpha value is -1.32. The first-order valence-corrected chi connectivity index (χ1v) is 7.63. The van der Waals surface area contributed by atoms with E-state index in [2.05, 4.69) is 13.8 Å². The Morgan fingerprint density at radius 3 is 2.25 bits per heavy atom. The van der Waals surface area contributed by atoms with Crippen LogP contribution in [0.15, 0.2) is 12.2 Å². The maximum Gasteiger partial charge on any atom is 0.307 e. The van der Waals surface area contributed by atoms with Crippen LogP contribution in [0.2, 0.25) is 0 Å². The van der Waals surface area contributed by atoms with Gasteiger partial charge in [0.15, 0.2) is 0 Å². The van der Waals surface area contributed by atoms with Gasteiger partial charge < -0.3 is 10.0 Å². The first kappa shape index (κ1) is 15.1. The zero-order valence-corrected chi connectivity index (χ0v) is 12.5. The fraction of sp³-hybridized carbons (Fsp3) is 0.750. The van der Waals surface area contributed by atoms with Crippen molar-refractivity contribution in [3.05, 3.63) is 12.2 Å². The van der Waals surface area contributed by atoms with Crippen molar-refractivity contribution >= 4 is 11.9 Å². The lowest BCUT2D eigenvalue weighted by atomic mass is 9.77. The van der Waals surface area contributed by atoms with Crippen molar-refractivity contribution in [2.75, 3.05) is 13.1 Å². The van der Waals surface area contributed by atoms with Gasteiger partial charge in [-0.25, -0.2) is 0 Å². The van der Waals surface area contributed by atoms with Crippen molar-refractivity contribution in [2.45, 2.75) is 46.0 Å². The zero-order chi connectivity index (χ0) is 14.8. The van der Waals surface area contributed by atoms with Crippen LogP contribution in [0, 0.1) is 17.3 Å². The number of carbonyl (C=O) groups excluding carboxylic acids is 1. The third-order valence-electron chi connectivity index (χ3n) is 5.20.